The minimum Gasteiger partial charge on any atom is -0.322 e. The molecule has 1 atom stereocenters. The van der Waals surface area contributed by atoms with Crippen molar-refractivity contribution in [1.29, 1.82) is 0 Å². The van der Waals surface area contributed by atoms with Crippen molar-refractivity contribution in [3.63, 3.8) is 0 Å². The molecule has 12 heteroatoms. The highest BCUT2D eigenvalue weighted by molar-refractivity contribution is 8.00. The molecule has 0 radical (unpaired) electrons. The van der Waals surface area contributed by atoms with Gasteiger partial charge in [0, 0.05) is 34.4 Å². The summed E-state index contributed by atoms with van der Waals surface area (Å²) < 4.78 is 27.4. The van der Waals surface area contributed by atoms with E-state index in [9.17, 15) is 18.0 Å². The molecule has 194 valence electrons. The van der Waals surface area contributed by atoms with Crippen LogP contribution in [0.2, 0.25) is 5.02 Å². The number of carbonyl (C=O) groups excluding carboxylic acids is 2. The van der Waals surface area contributed by atoms with E-state index in [1.54, 1.807) is 41.4 Å². The molecule has 3 aromatic carbocycles. The van der Waals surface area contributed by atoms with Gasteiger partial charge in [0.1, 0.15) is 5.37 Å². The standard InChI is InChI=1S/C26H21ClN4O4S3/c27-20-7-1-17(2-8-20)15-31-23(32)16-37-25(31)19-5-3-18(4-6-19)24(33)29-21-9-11-22(12-10-21)38(34,35)30-26-28-13-14-36-26/h1-14,25H,15-16H2,(H,28,30)(H,29,33)/t25-/m1/s1. The van der Waals surface area contributed by atoms with Crippen LogP contribution in [-0.2, 0) is 21.4 Å². The number of nitrogens with one attached hydrogen (secondary N) is 2. The zero-order chi connectivity index (χ0) is 26.7. The van der Waals surface area contributed by atoms with Gasteiger partial charge in [0.15, 0.2) is 5.13 Å². The smallest absolute Gasteiger partial charge is 0.263 e. The van der Waals surface area contributed by atoms with E-state index in [1.165, 1.54) is 41.8 Å². The first kappa shape index (κ1) is 26.2. The van der Waals surface area contributed by atoms with Crippen LogP contribution in [0.25, 0.3) is 0 Å². The first-order chi connectivity index (χ1) is 18.3. The van der Waals surface area contributed by atoms with Crippen LogP contribution >= 0.6 is 34.7 Å². The SMILES string of the molecule is O=C(Nc1ccc(S(=O)(=O)Nc2nccs2)cc1)c1ccc([C@H]2SCC(=O)N2Cc2ccc(Cl)cc2)cc1. The summed E-state index contributed by atoms with van der Waals surface area (Å²) in [5.74, 6) is 0.122. The fourth-order valence-corrected chi connectivity index (χ4v) is 6.96. The number of benzene rings is 3. The van der Waals surface area contributed by atoms with Gasteiger partial charge in [0.25, 0.3) is 15.9 Å². The van der Waals surface area contributed by atoms with Crippen molar-refractivity contribution in [2.24, 2.45) is 0 Å². The number of hydrogen-bond acceptors (Lipinski definition) is 7. The van der Waals surface area contributed by atoms with Gasteiger partial charge in [0.05, 0.1) is 10.6 Å². The molecule has 0 unspecified atom stereocenters. The minimum atomic E-state index is -3.77. The molecule has 1 aliphatic rings. The second kappa shape index (κ2) is 11.2. The Hall–Kier alpha value is -3.38. The number of sulfonamides is 1. The number of thioether (sulfide) groups is 1. The van der Waals surface area contributed by atoms with E-state index in [0.29, 0.717) is 28.6 Å². The molecule has 0 bridgehead atoms. The third-order valence-corrected chi connectivity index (χ3v) is 9.45. The molecule has 1 aliphatic heterocycles. The molecule has 2 amide bonds. The Morgan fingerprint density at radius 2 is 1.74 bits per heavy atom. The number of aromatic nitrogens is 1. The number of nitrogens with zero attached hydrogens (tertiary/aromatic N) is 2. The number of carbonyl (C=O) groups is 2. The molecule has 2 heterocycles. The predicted octanol–water partition coefficient (Wildman–Crippen LogP) is 5.62. The molecule has 5 rings (SSSR count). The maximum Gasteiger partial charge on any atom is 0.263 e. The monoisotopic (exact) mass is 584 g/mol. The van der Waals surface area contributed by atoms with Crippen molar-refractivity contribution < 1.29 is 18.0 Å². The summed E-state index contributed by atoms with van der Waals surface area (Å²) in [6, 6.07) is 20.4. The van der Waals surface area contributed by atoms with E-state index in [4.69, 9.17) is 11.6 Å². The summed E-state index contributed by atoms with van der Waals surface area (Å²) in [4.78, 5) is 31.1. The fraction of sp³-hybridized carbons (Fsp3) is 0.115. The van der Waals surface area contributed by atoms with Gasteiger partial charge in [-0.15, -0.1) is 23.1 Å². The number of amides is 2. The van der Waals surface area contributed by atoms with Gasteiger partial charge < -0.3 is 10.2 Å². The first-order valence-electron chi connectivity index (χ1n) is 11.4. The molecule has 4 aromatic rings. The zero-order valence-corrected chi connectivity index (χ0v) is 22.9. The molecule has 0 spiro atoms. The summed E-state index contributed by atoms with van der Waals surface area (Å²) in [6.45, 7) is 0.473. The van der Waals surface area contributed by atoms with Gasteiger partial charge in [-0.05, 0) is 59.7 Å². The average Bonchev–Trinajstić information content (AvgIpc) is 3.55. The van der Waals surface area contributed by atoms with Gasteiger partial charge in [-0.1, -0.05) is 35.9 Å². The van der Waals surface area contributed by atoms with E-state index in [1.807, 2.05) is 29.2 Å². The van der Waals surface area contributed by atoms with E-state index in [2.05, 4.69) is 15.0 Å². The van der Waals surface area contributed by atoms with Crippen LogP contribution < -0.4 is 10.0 Å². The van der Waals surface area contributed by atoms with Crippen molar-refractivity contribution in [3.05, 3.63) is 106 Å². The Morgan fingerprint density at radius 3 is 2.39 bits per heavy atom. The highest BCUT2D eigenvalue weighted by atomic mass is 35.5. The van der Waals surface area contributed by atoms with Crippen LogP contribution in [0.1, 0.15) is 26.9 Å². The van der Waals surface area contributed by atoms with E-state index < -0.39 is 10.0 Å². The maximum atomic E-state index is 12.8. The Kier molecular flexibility index (Phi) is 7.70. The van der Waals surface area contributed by atoms with Gasteiger partial charge in [0.2, 0.25) is 5.91 Å². The van der Waals surface area contributed by atoms with Gasteiger partial charge in [-0.2, -0.15) is 0 Å². The summed E-state index contributed by atoms with van der Waals surface area (Å²) >= 11 is 8.70. The second-order valence-electron chi connectivity index (χ2n) is 8.35. The predicted molar refractivity (Wildman–Crippen MR) is 151 cm³/mol. The fourth-order valence-electron chi connectivity index (χ4n) is 3.86. The summed E-state index contributed by atoms with van der Waals surface area (Å²) in [6.07, 6.45) is 1.51. The molecule has 1 saturated heterocycles. The first-order valence-corrected chi connectivity index (χ1v) is 15.2. The van der Waals surface area contributed by atoms with Gasteiger partial charge >= 0.3 is 0 Å². The van der Waals surface area contributed by atoms with Crippen LogP contribution in [0.4, 0.5) is 10.8 Å². The summed E-state index contributed by atoms with van der Waals surface area (Å²) in [5.41, 5.74) is 2.81. The van der Waals surface area contributed by atoms with Crippen LogP contribution in [0.3, 0.4) is 0 Å². The maximum absolute atomic E-state index is 12.8. The third-order valence-electron chi connectivity index (χ3n) is 5.77. The van der Waals surface area contributed by atoms with Crippen molar-refractivity contribution in [1.82, 2.24) is 9.88 Å². The highest BCUT2D eigenvalue weighted by Crippen LogP contribution is 2.39. The lowest BCUT2D eigenvalue weighted by Crippen LogP contribution is -2.27. The van der Waals surface area contributed by atoms with Gasteiger partial charge in [-0.3, -0.25) is 14.3 Å². The minimum absolute atomic E-state index is 0.0572. The molecule has 0 aliphatic carbocycles. The van der Waals surface area contributed by atoms with Gasteiger partial charge in [-0.25, -0.2) is 13.4 Å². The summed E-state index contributed by atoms with van der Waals surface area (Å²) in [7, 11) is -3.77. The van der Waals surface area contributed by atoms with E-state index in [-0.39, 0.29) is 27.2 Å². The van der Waals surface area contributed by atoms with Crippen molar-refractivity contribution in [2.75, 3.05) is 15.8 Å². The average molecular weight is 585 g/mol. The molecule has 38 heavy (non-hydrogen) atoms. The number of hydrogen-bond donors (Lipinski definition) is 2. The van der Waals surface area contributed by atoms with Crippen LogP contribution in [0.15, 0.2) is 89.3 Å². The van der Waals surface area contributed by atoms with Crippen molar-refractivity contribution >= 4 is 67.4 Å². The van der Waals surface area contributed by atoms with E-state index >= 15 is 0 Å². The molecule has 8 nitrogen and oxygen atoms in total. The second-order valence-corrected chi connectivity index (χ2v) is 12.4. The Bertz CT molecular complexity index is 1540. The Balaban J connectivity index is 1.23. The Labute approximate surface area is 233 Å². The van der Waals surface area contributed by atoms with Crippen molar-refractivity contribution in [3.8, 4) is 0 Å². The molecule has 1 aromatic heterocycles. The number of halogens is 1. The lowest BCUT2D eigenvalue weighted by Gasteiger charge is -2.24. The number of anilines is 2. The largest absolute Gasteiger partial charge is 0.322 e. The normalized spacial score (nSPS) is 15.4. The topological polar surface area (TPSA) is 108 Å². The van der Waals surface area contributed by atoms with Crippen LogP contribution in [0.5, 0.6) is 0 Å². The molecule has 2 N–H and O–H groups in total. The van der Waals surface area contributed by atoms with Crippen LogP contribution in [0, 0.1) is 0 Å². The molecular formula is C26H21ClN4O4S3. The van der Waals surface area contributed by atoms with Crippen molar-refractivity contribution in [2.45, 2.75) is 16.8 Å². The number of rotatable bonds is 8. The van der Waals surface area contributed by atoms with E-state index in [0.717, 1.165) is 11.1 Å². The quantitative estimate of drug-likeness (QED) is 0.278. The summed E-state index contributed by atoms with van der Waals surface area (Å²) in [5, 5.41) is 5.22. The highest BCUT2D eigenvalue weighted by Gasteiger charge is 2.32. The van der Waals surface area contributed by atoms with Crippen LogP contribution in [-0.4, -0.2) is 35.9 Å². The molecular weight excluding hydrogens is 564 g/mol. The molecule has 0 saturated carbocycles. The third kappa shape index (κ3) is 6.02. The molecule has 1 fully saturated rings. The number of thiazole rings is 1. The lowest BCUT2D eigenvalue weighted by atomic mass is 10.1. The lowest BCUT2D eigenvalue weighted by molar-refractivity contribution is -0.128. The Morgan fingerprint density at radius 1 is 1.03 bits per heavy atom. The zero-order valence-electron chi connectivity index (χ0n) is 19.7.